The van der Waals surface area contributed by atoms with E-state index in [-0.39, 0.29) is 6.04 Å². The molecule has 1 aromatic carbocycles. The summed E-state index contributed by atoms with van der Waals surface area (Å²) in [5, 5.41) is 13.3. The van der Waals surface area contributed by atoms with Gasteiger partial charge in [-0.3, -0.25) is 9.80 Å². The number of benzene rings is 1. The van der Waals surface area contributed by atoms with Gasteiger partial charge in [0.2, 0.25) is 0 Å². The van der Waals surface area contributed by atoms with Crippen LogP contribution in [0.4, 0.5) is 0 Å². The van der Waals surface area contributed by atoms with Crippen molar-refractivity contribution in [2.45, 2.75) is 82.3 Å². The second kappa shape index (κ2) is 10.3. The Morgan fingerprint density at radius 1 is 0.812 bits per heavy atom. The smallest absolute Gasteiger partial charge is 0.173 e. The van der Waals surface area contributed by atoms with Gasteiger partial charge >= 0.3 is 0 Å². The van der Waals surface area contributed by atoms with Gasteiger partial charge < -0.3 is 4.74 Å². The van der Waals surface area contributed by atoms with Crippen molar-refractivity contribution in [2.75, 3.05) is 33.3 Å². The fourth-order valence-electron chi connectivity index (χ4n) is 6.08. The maximum absolute atomic E-state index is 5.42. The first-order chi connectivity index (χ1) is 15.8. The van der Waals surface area contributed by atoms with Crippen molar-refractivity contribution in [3.63, 3.8) is 0 Å². The van der Waals surface area contributed by atoms with E-state index in [2.05, 4.69) is 54.3 Å². The lowest BCUT2D eigenvalue weighted by atomic mass is 9.93. The van der Waals surface area contributed by atoms with Gasteiger partial charge in [-0.1, -0.05) is 50.7 Å². The number of hydrogen-bond donors (Lipinski definition) is 0. The molecule has 174 valence electrons. The predicted octanol–water partition coefficient (Wildman–Crippen LogP) is 4.23. The van der Waals surface area contributed by atoms with Crippen molar-refractivity contribution >= 4 is 0 Å². The lowest BCUT2D eigenvalue weighted by molar-refractivity contribution is 0.0612. The van der Waals surface area contributed by atoms with Gasteiger partial charge in [-0.25, -0.2) is 4.68 Å². The molecule has 1 saturated heterocycles. The summed E-state index contributed by atoms with van der Waals surface area (Å²) in [5.74, 6) is 1.90. The second-order valence-corrected chi connectivity index (χ2v) is 9.81. The SMILES string of the molecule is COc1ccc(C(c2nnnn2C2CCCCC2)N2CCN(C3CCCCC3)CC2)cc1. The molecule has 1 unspecified atom stereocenters. The third kappa shape index (κ3) is 4.69. The van der Waals surface area contributed by atoms with Gasteiger partial charge in [-0.05, 0) is 53.8 Å². The Hall–Kier alpha value is -1.99. The number of hydrogen-bond acceptors (Lipinski definition) is 6. The van der Waals surface area contributed by atoms with Crippen LogP contribution in [0, 0.1) is 0 Å². The molecule has 3 aliphatic rings. The van der Waals surface area contributed by atoms with E-state index in [1.807, 2.05) is 0 Å². The standard InChI is InChI=1S/C25H38N6O/c1-32-23-14-12-20(13-15-23)24(25-26-27-28-31(25)22-10-6-3-7-11-22)30-18-16-29(17-19-30)21-8-4-2-5-9-21/h12-15,21-22,24H,2-11,16-19H2,1H3. The van der Waals surface area contributed by atoms with Crippen molar-refractivity contribution in [1.82, 2.24) is 30.0 Å². The van der Waals surface area contributed by atoms with Crippen LogP contribution < -0.4 is 4.74 Å². The Morgan fingerprint density at radius 3 is 2.06 bits per heavy atom. The minimum atomic E-state index is 0.0892. The number of nitrogens with zero attached hydrogens (tertiary/aromatic N) is 6. The molecule has 1 aliphatic heterocycles. The number of methoxy groups -OCH3 is 1. The molecule has 2 saturated carbocycles. The van der Waals surface area contributed by atoms with Gasteiger partial charge in [0.05, 0.1) is 19.2 Å². The second-order valence-electron chi connectivity index (χ2n) is 9.81. The Labute approximate surface area is 192 Å². The molecule has 1 aromatic heterocycles. The molecule has 7 heteroatoms. The lowest BCUT2D eigenvalue weighted by Crippen LogP contribution is -2.52. The van der Waals surface area contributed by atoms with E-state index in [1.165, 1.54) is 69.8 Å². The van der Waals surface area contributed by atoms with Crippen LogP contribution in [0.2, 0.25) is 0 Å². The monoisotopic (exact) mass is 438 g/mol. The maximum atomic E-state index is 5.42. The first-order valence-electron chi connectivity index (χ1n) is 12.7. The number of aromatic nitrogens is 4. The van der Waals surface area contributed by atoms with Crippen LogP contribution in [0.25, 0.3) is 0 Å². The third-order valence-electron chi connectivity index (χ3n) is 7.92. The molecular formula is C25H38N6O. The van der Waals surface area contributed by atoms with Gasteiger partial charge in [-0.2, -0.15) is 0 Å². The van der Waals surface area contributed by atoms with Crippen LogP contribution >= 0.6 is 0 Å². The summed E-state index contributed by atoms with van der Waals surface area (Å²) in [6.45, 7) is 4.40. The normalized spacial score (nSPS) is 23.3. The average Bonchev–Trinajstić information content (AvgIpc) is 3.35. The summed E-state index contributed by atoms with van der Waals surface area (Å²) < 4.78 is 7.57. The zero-order chi connectivity index (χ0) is 21.8. The molecule has 2 heterocycles. The lowest BCUT2D eigenvalue weighted by Gasteiger charge is -2.43. The van der Waals surface area contributed by atoms with Gasteiger partial charge in [-0.15, -0.1) is 5.10 Å². The van der Waals surface area contributed by atoms with Crippen LogP contribution in [-0.2, 0) is 0 Å². The van der Waals surface area contributed by atoms with Crippen molar-refractivity contribution in [2.24, 2.45) is 0 Å². The molecule has 7 nitrogen and oxygen atoms in total. The summed E-state index contributed by atoms with van der Waals surface area (Å²) >= 11 is 0. The van der Waals surface area contributed by atoms with Crippen LogP contribution in [0.3, 0.4) is 0 Å². The molecule has 0 N–H and O–H groups in total. The quantitative estimate of drug-likeness (QED) is 0.673. The minimum Gasteiger partial charge on any atom is -0.497 e. The fraction of sp³-hybridized carbons (Fsp3) is 0.720. The van der Waals surface area contributed by atoms with Crippen molar-refractivity contribution in [3.8, 4) is 5.75 Å². The minimum absolute atomic E-state index is 0.0892. The first-order valence-corrected chi connectivity index (χ1v) is 12.7. The van der Waals surface area contributed by atoms with Gasteiger partial charge in [0.1, 0.15) is 5.75 Å². The molecule has 2 aliphatic carbocycles. The molecule has 1 atom stereocenters. The van der Waals surface area contributed by atoms with Crippen molar-refractivity contribution in [3.05, 3.63) is 35.7 Å². The zero-order valence-electron chi connectivity index (χ0n) is 19.5. The number of rotatable bonds is 6. The van der Waals surface area contributed by atoms with Crippen molar-refractivity contribution in [1.29, 1.82) is 0 Å². The maximum Gasteiger partial charge on any atom is 0.173 e. The topological polar surface area (TPSA) is 59.3 Å². The van der Waals surface area contributed by atoms with E-state index in [1.54, 1.807) is 7.11 Å². The molecule has 0 amide bonds. The Bertz CT molecular complexity index is 832. The van der Waals surface area contributed by atoms with E-state index < -0.39 is 0 Å². The summed E-state index contributed by atoms with van der Waals surface area (Å²) in [5.41, 5.74) is 1.25. The van der Waals surface area contributed by atoms with Crippen molar-refractivity contribution < 1.29 is 4.74 Å². The average molecular weight is 439 g/mol. The summed E-state index contributed by atoms with van der Waals surface area (Å²) in [6.07, 6.45) is 13.2. The summed E-state index contributed by atoms with van der Waals surface area (Å²) in [7, 11) is 1.72. The molecule has 5 rings (SSSR count). The Balaban J connectivity index is 1.39. The van der Waals surface area contributed by atoms with E-state index in [9.17, 15) is 0 Å². The van der Waals surface area contributed by atoms with Crippen LogP contribution in [0.1, 0.15) is 87.7 Å². The number of tetrazole rings is 1. The highest BCUT2D eigenvalue weighted by Gasteiger charge is 2.34. The molecule has 0 spiro atoms. The van der Waals surface area contributed by atoms with Crippen LogP contribution in [0.5, 0.6) is 5.75 Å². The van der Waals surface area contributed by atoms with E-state index in [0.717, 1.165) is 43.8 Å². The largest absolute Gasteiger partial charge is 0.497 e. The highest BCUT2D eigenvalue weighted by atomic mass is 16.5. The van der Waals surface area contributed by atoms with Gasteiger partial charge in [0.25, 0.3) is 0 Å². The van der Waals surface area contributed by atoms with Gasteiger partial charge in [0, 0.05) is 32.2 Å². The predicted molar refractivity (Wildman–Crippen MR) is 125 cm³/mol. The Kier molecular flexibility index (Phi) is 7.03. The van der Waals surface area contributed by atoms with Crippen LogP contribution in [0.15, 0.2) is 24.3 Å². The van der Waals surface area contributed by atoms with Crippen LogP contribution in [-0.4, -0.2) is 69.3 Å². The highest BCUT2D eigenvalue weighted by molar-refractivity contribution is 5.32. The van der Waals surface area contributed by atoms with E-state index >= 15 is 0 Å². The first kappa shape index (κ1) is 21.8. The molecule has 32 heavy (non-hydrogen) atoms. The number of ether oxygens (including phenoxy) is 1. The summed E-state index contributed by atoms with van der Waals surface area (Å²) in [4.78, 5) is 5.34. The molecular weight excluding hydrogens is 400 g/mol. The van der Waals surface area contributed by atoms with Gasteiger partial charge in [0.15, 0.2) is 5.82 Å². The molecule has 0 bridgehead atoms. The van der Waals surface area contributed by atoms with E-state index in [0.29, 0.717) is 6.04 Å². The van der Waals surface area contributed by atoms with E-state index in [4.69, 9.17) is 4.74 Å². The molecule has 2 aromatic rings. The summed E-state index contributed by atoms with van der Waals surface area (Å²) in [6, 6.07) is 9.82. The fourth-order valence-corrected chi connectivity index (χ4v) is 6.08. The Morgan fingerprint density at radius 2 is 1.44 bits per heavy atom. The zero-order valence-corrected chi connectivity index (χ0v) is 19.5. The third-order valence-corrected chi connectivity index (χ3v) is 7.92. The number of piperazine rings is 1. The highest BCUT2D eigenvalue weighted by Crippen LogP contribution is 2.35. The molecule has 3 fully saturated rings. The molecule has 0 radical (unpaired) electrons.